The molecule has 1 aliphatic rings. The topological polar surface area (TPSA) is 9.86 Å². The molecule has 0 atom stereocenters. The summed E-state index contributed by atoms with van der Waals surface area (Å²) < 4.78 is 5.00. The predicted octanol–water partition coefficient (Wildman–Crippen LogP) is 8.50. The van der Waals surface area contributed by atoms with Gasteiger partial charge in [0.25, 0.3) is 0 Å². The third-order valence-corrected chi connectivity index (χ3v) is 7.77. The molecule has 0 saturated carbocycles. The molecule has 2 nitrogen and oxygen atoms in total. The van der Waals surface area contributed by atoms with Crippen molar-refractivity contribution in [3.8, 4) is 22.5 Å². The third-order valence-electron chi connectivity index (χ3n) is 7.77. The van der Waals surface area contributed by atoms with Crippen LogP contribution in [0.2, 0.25) is 0 Å². The molecule has 0 radical (unpaired) electrons. The minimum Gasteiger partial charge on any atom is -0.312 e. The van der Waals surface area contributed by atoms with Gasteiger partial charge in [-0.3, -0.25) is 0 Å². The first-order valence-corrected chi connectivity index (χ1v) is 12.4. The van der Waals surface area contributed by atoms with E-state index in [0.29, 0.717) is 0 Å². The summed E-state index contributed by atoms with van der Waals surface area (Å²) in [5, 5.41) is 2.64. The van der Waals surface area contributed by atoms with Crippen molar-refractivity contribution in [3.05, 3.63) is 120 Å². The lowest BCUT2D eigenvalue weighted by molar-refractivity contribution is 0.593. The maximum absolute atomic E-state index is 2.50. The Kier molecular flexibility index (Phi) is 4.06. The highest BCUT2D eigenvalue weighted by atomic mass is 15.1. The van der Waals surface area contributed by atoms with Crippen LogP contribution >= 0.6 is 0 Å². The summed E-state index contributed by atoms with van der Waals surface area (Å²) in [6.07, 6.45) is 0. The van der Waals surface area contributed by atoms with Crippen LogP contribution in [0.4, 0.5) is 0 Å². The quantitative estimate of drug-likeness (QED) is 0.249. The molecule has 170 valence electrons. The summed E-state index contributed by atoms with van der Waals surface area (Å²) in [4.78, 5) is 0. The summed E-state index contributed by atoms with van der Waals surface area (Å²) in [5.74, 6) is 0. The molecule has 0 aliphatic heterocycles. The van der Waals surface area contributed by atoms with Crippen LogP contribution in [-0.4, -0.2) is 9.13 Å². The minimum absolute atomic E-state index is 0.196. The van der Waals surface area contributed by atoms with Crippen LogP contribution in [0.15, 0.2) is 97.1 Å². The number of nitrogens with zero attached hydrogens (tertiary/aromatic N) is 2. The number of hydrogen-bond acceptors (Lipinski definition) is 0. The Labute approximate surface area is 206 Å². The Hall–Kier alpha value is -4.04. The van der Waals surface area contributed by atoms with Crippen LogP contribution in [0, 0.1) is 13.8 Å². The SMILES string of the molecule is Cc1ccc(-n2c3c(c4ccccc42)-c2c(n(-c4ccc(C)cc4)c4ccccc24)C3(C)C)cc1. The lowest BCUT2D eigenvalue weighted by atomic mass is 9.88. The van der Waals surface area contributed by atoms with E-state index in [1.807, 2.05) is 0 Å². The molecule has 0 unspecified atom stereocenters. The van der Waals surface area contributed by atoms with E-state index < -0.39 is 0 Å². The van der Waals surface area contributed by atoms with E-state index >= 15 is 0 Å². The standard InChI is InChI=1S/C33H28N2/c1-21-13-17-23(18-14-21)34-27-11-7-5-9-25(27)29-30-26-10-6-8-12-28(26)35(24-19-15-22(2)16-20-24)32(30)33(3,4)31(29)34/h5-20H,1-4H3. The van der Waals surface area contributed by atoms with Crippen molar-refractivity contribution in [1.29, 1.82) is 0 Å². The molecular formula is C33H28N2. The van der Waals surface area contributed by atoms with Gasteiger partial charge in [-0.05, 0) is 64.1 Å². The highest BCUT2D eigenvalue weighted by Crippen LogP contribution is 2.57. The van der Waals surface area contributed by atoms with E-state index in [2.05, 4.69) is 134 Å². The van der Waals surface area contributed by atoms with Gasteiger partial charge < -0.3 is 9.13 Å². The van der Waals surface area contributed by atoms with Crippen molar-refractivity contribution in [2.24, 2.45) is 0 Å². The van der Waals surface area contributed by atoms with Gasteiger partial charge in [-0.1, -0.05) is 71.8 Å². The van der Waals surface area contributed by atoms with E-state index in [-0.39, 0.29) is 5.41 Å². The normalized spacial score (nSPS) is 13.9. The van der Waals surface area contributed by atoms with Gasteiger partial charge in [-0.2, -0.15) is 0 Å². The van der Waals surface area contributed by atoms with Gasteiger partial charge in [0.05, 0.1) is 11.0 Å². The summed E-state index contributed by atoms with van der Waals surface area (Å²) in [6.45, 7) is 9.09. The fourth-order valence-electron chi connectivity index (χ4n) is 6.21. The largest absolute Gasteiger partial charge is 0.312 e. The monoisotopic (exact) mass is 452 g/mol. The molecule has 0 bridgehead atoms. The lowest BCUT2D eigenvalue weighted by Gasteiger charge is -2.27. The Balaban J connectivity index is 1.66. The van der Waals surface area contributed by atoms with Crippen molar-refractivity contribution >= 4 is 21.8 Å². The summed E-state index contributed by atoms with van der Waals surface area (Å²) in [5.41, 5.74) is 12.8. The van der Waals surface area contributed by atoms with Crippen LogP contribution in [0.3, 0.4) is 0 Å². The number of aromatic nitrogens is 2. The number of aryl methyl sites for hydroxylation is 2. The van der Waals surface area contributed by atoms with E-state index in [9.17, 15) is 0 Å². The van der Waals surface area contributed by atoms with Crippen molar-refractivity contribution in [3.63, 3.8) is 0 Å². The highest BCUT2D eigenvalue weighted by molar-refractivity contribution is 6.12. The van der Waals surface area contributed by atoms with E-state index in [0.717, 1.165) is 0 Å². The van der Waals surface area contributed by atoms with Gasteiger partial charge in [0.15, 0.2) is 0 Å². The first-order valence-electron chi connectivity index (χ1n) is 12.4. The van der Waals surface area contributed by atoms with Gasteiger partial charge in [-0.25, -0.2) is 0 Å². The average molecular weight is 453 g/mol. The van der Waals surface area contributed by atoms with Crippen molar-refractivity contribution in [2.45, 2.75) is 33.1 Å². The summed E-state index contributed by atoms with van der Waals surface area (Å²) in [6, 6.07) is 35.7. The Morgan fingerprint density at radius 1 is 0.486 bits per heavy atom. The second kappa shape index (κ2) is 6.99. The molecular weight excluding hydrogens is 424 g/mol. The zero-order chi connectivity index (χ0) is 23.9. The fraction of sp³-hybridized carbons (Fsp3) is 0.152. The molecule has 0 saturated heterocycles. The molecule has 0 amide bonds. The number of benzene rings is 4. The average Bonchev–Trinajstić information content (AvgIpc) is 3.46. The molecule has 1 aliphatic carbocycles. The van der Waals surface area contributed by atoms with E-state index in [1.165, 1.54) is 66.8 Å². The summed E-state index contributed by atoms with van der Waals surface area (Å²) >= 11 is 0. The number of hydrogen-bond donors (Lipinski definition) is 0. The van der Waals surface area contributed by atoms with Gasteiger partial charge in [-0.15, -0.1) is 0 Å². The van der Waals surface area contributed by atoms with Crippen LogP contribution in [0.5, 0.6) is 0 Å². The molecule has 0 N–H and O–H groups in total. The number of fused-ring (bicyclic) bond motifs is 7. The Morgan fingerprint density at radius 2 is 0.857 bits per heavy atom. The maximum Gasteiger partial charge on any atom is 0.0538 e. The summed E-state index contributed by atoms with van der Waals surface area (Å²) in [7, 11) is 0. The minimum atomic E-state index is -0.196. The van der Waals surface area contributed by atoms with Gasteiger partial charge in [0.1, 0.15) is 0 Å². The van der Waals surface area contributed by atoms with Crippen molar-refractivity contribution in [1.82, 2.24) is 9.13 Å². The zero-order valence-corrected chi connectivity index (χ0v) is 20.6. The van der Waals surface area contributed by atoms with Crippen molar-refractivity contribution < 1.29 is 0 Å². The molecule has 2 aromatic heterocycles. The first kappa shape index (κ1) is 20.3. The van der Waals surface area contributed by atoms with Crippen LogP contribution in [-0.2, 0) is 5.41 Å². The molecule has 0 fully saturated rings. The molecule has 6 aromatic rings. The van der Waals surface area contributed by atoms with Crippen LogP contribution in [0.25, 0.3) is 44.3 Å². The van der Waals surface area contributed by atoms with E-state index in [4.69, 9.17) is 0 Å². The first-order chi connectivity index (χ1) is 17.0. The lowest BCUT2D eigenvalue weighted by Crippen LogP contribution is -2.23. The number of rotatable bonds is 2. The van der Waals surface area contributed by atoms with E-state index in [1.54, 1.807) is 0 Å². The zero-order valence-electron chi connectivity index (χ0n) is 20.6. The molecule has 2 heterocycles. The third kappa shape index (κ3) is 2.65. The predicted molar refractivity (Wildman–Crippen MR) is 147 cm³/mol. The molecule has 2 heteroatoms. The van der Waals surface area contributed by atoms with Gasteiger partial charge >= 0.3 is 0 Å². The second-order valence-electron chi connectivity index (χ2n) is 10.4. The van der Waals surface area contributed by atoms with Crippen molar-refractivity contribution in [2.75, 3.05) is 0 Å². The molecule has 4 aromatic carbocycles. The molecule has 7 rings (SSSR count). The maximum atomic E-state index is 2.50. The van der Waals surface area contributed by atoms with Crippen LogP contribution in [0.1, 0.15) is 36.4 Å². The highest BCUT2D eigenvalue weighted by Gasteiger charge is 2.45. The number of para-hydroxylation sites is 2. The van der Waals surface area contributed by atoms with Crippen LogP contribution < -0.4 is 0 Å². The van der Waals surface area contributed by atoms with Gasteiger partial charge in [0, 0.05) is 50.1 Å². The molecule has 35 heavy (non-hydrogen) atoms. The van der Waals surface area contributed by atoms with Gasteiger partial charge in [0.2, 0.25) is 0 Å². The Morgan fingerprint density at radius 3 is 1.26 bits per heavy atom. The Bertz CT molecular complexity index is 1630. The smallest absolute Gasteiger partial charge is 0.0538 e. The molecule has 0 spiro atoms. The second-order valence-corrected chi connectivity index (χ2v) is 10.4. The fourth-order valence-corrected chi connectivity index (χ4v) is 6.21.